The van der Waals surface area contributed by atoms with Gasteiger partial charge in [-0.25, -0.2) is 9.59 Å². The minimum absolute atomic E-state index is 0.278. The molecular formula is C14H17NO4S. The van der Waals surface area contributed by atoms with Crippen molar-refractivity contribution in [2.45, 2.75) is 11.3 Å². The van der Waals surface area contributed by atoms with Crippen LogP contribution in [0.15, 0.2) is 46.9 Å². The van der Waals surface area contributed by atoms with Gasteiger partial charge in [0.15, 0.2) is 0 Å². The van der Waals surface area contributed by atoms with Crippen LogP contribution in [0.2, 0.25) is 0 Å². The molecule has 1 N–H and O–H groups in total. The Bertz CT molecular complexity index is 473. The van der Waals surface area contributed by atoms with Crippen LogP contribution in [0.4, 0.5) is 0 Å². The molecule has 0 aliphatic carbocycles. The van der Waals surface area contributed by atoms with Gasteiger partial charge in [0.1, 0.15) is 0 Å². The molecule has 20 heavy (non-hydrogen) atoms. The molecule has 0 unspecified atom stereocenters. The number of benzene rings is 1. The number of nitrogens with one attached hydrogen (secondary N) is 1. The lowest BCUT2D eigenvalue weighted by molar-refractivity contribution is -0.138. The molecule has 1 rings (SSSR count). The first-order chi connectivity index (χ1) is 9.67. The molecule has 0 fully saturated rings. The van der Waals surface area contributed by atoms with Crippen molar-refractivity contribution in [1.82, 2.24) is 4.72 Å². The summed E-state index contributed by atoms with van der Waals surface area (Å²) in [6.07, 6.45) is 1.53. The Kier molecular flexibility index (Phi) is 7.46. The Morgan fingerprint density at radius 1 is 1.20 bits per heavy atom. The van der Waals surface area contributed by atoms with Gasteiger partial charge in [-0.3, -0.25) is 4.72 Å². The summed E-state index contributed by atoms with van der Waals surface area (Å²) in [4.78, 5) is 23.7. The fraction of sp³-hybridized carbons (Fsp3) is 0.286. The summed E-state index contributed by atoms with van der Waals surface area (Å²) in [5, 5.41) is 0. The van der Waals surface area contributed by atoms with Gasteiger partial charge < -0.3 is 9.47 Å². The van der Waals surface area contributed by atoms with Gasteiger partial charge in [0.05, 0.1) is 14.2 Å². The maximum atomic E-state index is 11.5. The molecular weight excluding hydrogens is 278 g/mol. The number of carbonyl (C=O) groups is 2. The van der Waals surface area contributed by atoms with Crippen molar-refractivity contribution in [2.75, 3.05) is 20.8 Å². The van der Waals surface area contributed by atoms with E-state index in [1.165, 1.54) is 26.2 Å². The number of hydrogen-bond acceptors (Lipinski definition) is 6. The molecule has 0 amide bonds. The fourth-order valence-corrected chi connectivity index (χ4v) is 2.04. The quantitative estimate of drug-likeness (QED) is 0.359. The van der Waals surface area contributed by atoms with Crippen LogP contribution in [-0.4, -0.2) is 32.7 Å². The topological polar surface area (TPSA) is 64.6 Å². The third-order valence-corrected chi connectivity index (χ3v) is 3.23. The summed E-state index contributed by atoms with van der Waals surface area (Å²) in [6, 6.07) is 9.78. The molecule has 5 nitrogen and oxygen atoms in total. The van der Waals surface area contributed by atoms with Crippen molar-refractivity contribution in [3.63, 3.8) is 0 Å². The van der Waals surface area contributed by atoms with Gasteiger partial charge in [-0.15, -0.1) is 0 Å². The fourth-order valence-electron chi connectivity index (χ4n) is 1.37. The summed E-state index contributed by atoms with van der Waals surface area (Å²) >= 11 is 1.46. The molecule has 1 aromatic carbocycles. The number of carbonyl (C=O) groups excluding carboxylic acids is 2. The van der Waals surface area contributed by atoms with Crippen molar-refractivity contribution < 1.29 is 19.1 Å². The summed E-state index contributed by atoms with van der Waals surface area (Å²) < 4.78 is 12.2. The third kappa shape index (κ3) is 5.90. The second-order valence-electron chi connectivity index (χ2n) is 3.74. The second kappa shape index (κ2) is 9.17. The van der Waals surface area contributed by atoms with Gasteiger partial charge in [0.2, 0.25) is 0 Å². The van der Waals surface area contributed by atoms with Crippen LogP contribution in [-0.2, 0) is 19.1 Å². The molecule has 6 heteroatoms. The van der Waals surface area contributed by atoms with Gasteiger partial charge in [-0.1, -0.05) is 18.2 Å². The van der Waals surface area contributed by atoms with Crippen molar-refractivity contribution in [2.24, 2.45) is 0 Å². The van der Waals surface area contributed by atoms with E-state index in [0.29, 0.717) is 13.0 Å². The third-order valence-electron chi connectivity index (χ3n) is 2.37. The number of methoxy groups -OCH3 is 2. The summed E-state index contributed by atoms with van der Waals surface area (Å²) in [5.74, 6) is -1.09. The van der Waals surface area contributed by atoms with E-state index in [2.05, 4.69) is 14.2 Å². The molecule has 0 heterocycles. The normalized spacial score (nSPS) is 11.0. The molecule has 0 saturated carbocycles. The highest BCUT2D eigenvalue weighted by atomic mass is 32.2. The lowest BCUT2D eigenvalue weighted by atomic mass is 10.2. The van der Waals surface area contributed by atoms with Crippen LogP contribution in [0.25, 0.3) is 0 Å². The lowest BCUT2D eigenvalue weighted by Gasteiger charge is -2.06. The number of ether oxygens (including phenoxy) is 2. The van der Waals surface area contributed by atoms with Gasteiger partial charge in [0, 0.05) is 23.1 Å². The van der Waals surface area contributed by atoms with E-state index >= 15 is 0 Å². The van der Waals surface area contributed by atoms with E-state index in [1.54, 1.807) is 0 Å². The highest BCUT2D eigenvalue weighted by molar-refractivity contribution is 7.97. The molecule has 1 aromatic rings. The number of esters is 2. The smallest absolute Gasteiger partial charge is 0.334 e. The van der Waals surface area contributed by atoms with Crippen LogP contribution in [0, 0.1) is 0 Å². The van der Waals surface area contributed by atoms with Crippen molar-refractivity contribution >= 4 is 23.9 Å². The Morgan fingerprint density at radius 2 is 1.90 bits per heavy atom. The Morgan fingerprint density at radius 3 is 2.50 bits per heavy atom. The zero-order valence-electron chi connectivity index (χ0n) is 11.4. The van der Waals surface area contributed by atoms with E-state index in [0.717, 1.165) is 11.0 Å². The summed E-state index contributed by atoms with van der Waals surface area (Å²) in [5.41, 5.74) is 0.278. The molecule has 0 aliphatic rings. The molecule has 0 spiro atoms. The van der Waals surface area contributed by atoms with Crippen molar-refractivity contribution in [1.29, 1.82) is 0 Å². The van der Waals surface area contributed by atoms with Gasteiger partial charge in [0.25, 0.3) is 0 Å². The van der Waals surface area contributed by atoms with E-state index in [9.17, 15) is 9.59 Å². The summed E-state index contributed by atoms with van der Waals surface area (Å²) in [7, 11) is 2.54. The van der Waals surface area contributed by atoms with Crippen LogP contribution in [0.5, 0.6) is 0 Å². The zero-order valence-corrected chi connectivity index (χ0v) is 12.2. The van der Waals surface area contributed by atoms with Crippen LogP contribution >= 0.6 is 11.9 Å². The van der Waals surface area contributed by atoms with E-state index in [4.69, 9.17) is 0 Å². The number of hydrogen-bond donors (Lipinski definition) is 1. The van der Waals surface area contributed by atoms with Crippen LogP contribution < -0.4 is 4.72 Å². The number of rotatable bonds is 7. The maximum absolute atomic E-state index is 11.5. The van der Waals surface area contributed by atoms with Crippen molar-refractivity contribution in [3.05, 3.63) is 42.0 Å². The van der Waals surface area contributed by atoms with Crippen LogP contribution in [0.1, 0.15) is 6.42 Å². The molecule has 0 atom stereocenters. The first kappa shape index (κ1) is 16.3. The average molecular weight is 295 g/mol. The molecule has 0 radical (unpaired) electrons. The maximum Gasteiger partial charge on any atom is 0.334 e. The first-order valence-corrected chi connectivity index (χ1v) is 6.80. The standard InChI is InChI=1S/C14H17NO4S/c1-18-13(16)10-11(14(17)19-2)8-9-15-20-12-6-4-3-5-7-12/h3-7,10,15H,8-9H2,1-2H3/b11-10-. The molecule has 108 valence electrons. The lowest BCUT2D eigenvalue weighted by Crippen LogP contribution is -2.14. The van der Waals surface area contributed by atoms with E-state index < -0.39 is 11.9 Å². The van der Waals surface area contributed by atoms with E-state index in [1.807, 2.05) is 30.3 Å². The highest BCUT2D eigenvalue weighted by Crippen LogP contribution is 2.13. The van der Waals surface area contributed by atoms with Crippen LogP contribution in [0.3, 0.4) is 0 Å². The second-order valence-corrected chi connectivity index (χ2v) is 4.71. The molecule has 0 bridgehead atoms. The van der Waals surface area contributed by atoms with Crippen molar-refractivity contribution in [3.8, 4) is 0 Å². The van der Waals surface area contributed by atoms with Gasteiger partial charge in [-0.05, 0) is 30.5 Å². The molecule has 0 aliphatic heterocycles. The molecule has 0 aromatic heterocycles. The first-order valence-electron chi connectivity index (χ1n) is 5.99. The average Bonchev–Trinajstić information content (AvgIpc) is 2.50. The largest absolute Gasteiger partial charge is 0.466 e. The zero-order chi connectivity index (χ0) is 14.8. The summed E-state index contributed by atoms with van der Waals surface area (Å²) in [6.45, 7) is 0.525. The predicted octanol–water partition coefficient (Wildman–Crippen LogP) is 1.95. The Labute approximate surface area is 122 Å². The minimum Gasteiger partial charge on any atom is -0.466 e. The Balaban J connectivity index is 2.45. The van der Waals surface area contributed by atoms with E-state index in [-0.39, 0.29) is 5.57 Å². The molecule has 0 saturated heterocycles. The SMILES string of the molecule is COC(=O)/C=C(/CCNSc1ccccc1)C(=O)OC. The highest BCUT2D eigenvalue weighted by Gasteiger charge is 2.11. The Hall–Kier alpha value is -1.79. The van der Waals surface area contributed by atoms with Gasteiger partial charge in [-0.2, -0.15) is 0 Å². The minimum atomic E-state index is -0.568. The monoisotopic (exact) mass is 295 g/mol. The van der Waals surface area contributed by atoms with Gasteiger partial charge >= 0.3 is 11.9 Å². The predicted molar refractivity (Wildman–Crippen MR) is 77.0 cm³/mol.